The van der Waals surface area contributed by atoms with Gasteiger partial charge in [0.25, 0.3) is 0 Å². The van der Waals surface area contributed by atoms with Gasteiger partial charge in [0.2, 0.25) is 0 Å². The number of hydrogen-bond acceptors (Lipinski definition) is 7. The normalized spacial score (nSPS) is 21.1. The van der Waals surface area contributed by atoms with Crippen LogP contribution in [0, 0.1) is 0 Å². The van der Waals surface area contributed by atoms with Gasteiger partial charge in [-0.05, 0) is 20.8 Å². The number of urea groups is 1. The second-order valence-corrected chi connectivity index (χ2v) is 7.05. The molecule has 2 aliphatic heterocycles. The zero-order chi connectivity index (χ0) is 20.4. The molecule has 0 radical (unpaired) electrons. The molecule has 0 spiro atoms. The minimum absolute atomic E-state index is 0.107. The Kier molecular flexibility index (Phi) is 6.41. The molecule has 2 aliphatic rings. The van der Waals surface area contributed by atoms with E-state index in [0.29, 0.717) is 5.06 Å². The van der Waals surface area contributed by atoms with Crippen molar-refractivity contribution < 1.29 is 36.8 Å². The van der Waals surface area contributed by atoms with Gasteiger partial charge in [0, 0.05) is 5.56 Å². The van der Waals surface area contributed by atoms with Gasteiger partial charge < -0.3 is 19.7 Å². The number of hydrogen-bond donors (Lipinski definition) is 3. The van der Waals surface area contributed by atoms with Crippen molar-refractivity contribution in [3.05, 3.63) is 17.5 Å². The van der Waals surface area contributed by atoms with Crippen LogP contribution in [-0.2, 0) is 19.5 Å². The van der Waals surface area contributed by atoms with Gasteiger partial charge in [0.1, 0.15) is 12.1 Å². The number of aliphatic carboxylic acids is 1. The molecule has 152 valence electrons. The van der Waals surface area contributed by atoms with Crippen molar-refractivity contribution in [2.45, 2.75) is 32.9 Å². The van der Waals surface area contributed by atoms with E-state index in [9.17, 15) is 23.1 Å². The predicted octanol–water partition coefficient (Wildman–Crippen LogP) is -2.34. The number of rotatable bonds is 6. The predicted molar refractivity (Wildman–Crippen MR) is 88.2 cm³/mol. The average Bonchev–Trinajstić information content (AvgIpc) is 3.16. The van der Waals surface area contributed by atoms with E-state index in [1.807, 2.05) is 0 Å². The summed E-state index contributed by atoms with van der Waals surface area (Å²) in [6, 6.07) is -3.33. The molecule has 1 saturated heterocycles. The van der Waals surface area contributed by atoms with Gasteiger partial charge in [-0.15, -0.1) is 4.28 Å². The highest BCUT2D eigenvalue weighted by Gasteiger charge is 2.51. The molecule has 27 heavy (non-hydrogen) atoms. The standard InChI is InChI=1S/C8H8N4O7S.C6H15N/c13-7(14)6-5-3(1-9-10-5)4-2-11(6)8(15)12(4)19-20(16,17)18;1-4-7(5-2)6-3/h1,4,6H,2H2,(H,9,10)(H,13,14)(H,16,17,18);4-6H2,1-3H3/t4-,6+;/m1./s1. The van der Waals surface area contributed by atoms with Crippen LogP contribution in [0.25, 0.3) is 0 Å². The molecule has 1 fully saturated rings. The number of fused-ring (bicyclic) bond motifs is 4. The van der Waals surface area contributed by atoms with Gasteiger partial charge in [-0.25, -0.2) is 4.79 Å². The number of quaternary nitrogens is 1. The second kappa shape index (κ2) is 8.21. The topological polar surface area (TPSA) is 160 Å². The molecule has 1 aromatic heterocycles. The third-order valence-electron chi connectivity index (χ3n) is 4.63. The molecule has 0 unspecified atom stereocenters. The zero-order valence-electron chi connectivity index (χ0n) is 15.2. The van der Waals surface area contributed by atoms with Crippen molar-refractivity contribution in [1.29, 1.82) is 0 Å². The van der Waals surface area contributed by atoms with Gasteiger partial charge in [0.05, 0.1) is 44.0 Å². The number of aromatic amines is 1. The van der Waals surface area contributed by atoms with E-state index in [0.717, 1.165) is 4.90 Å². The first-order valence-electron chi connectivity index (χ1n) is 8.48. The summed E-state index contributed by atoms with van der Waals surface area (Å²) in [5.74, 6) is -1.55. The summed E-state index contributed by atoms with van der Waals surface area (Å²) in [6.07, 6.45) is 1.26. The maximum absolute atomic E-state index is 12.0. The summed E-state index contributed by atoms with van der Waals surface area (Å²) in [5, 5.41) is 17.7. The summed E-state index contributed by atoms with van der Waals surface area (Å²) < 4.78 is 34.4. The summed E-state index contributed by atoms with van der Waals surface area (Å²) in [7, 11) is -4.92. The molecular formula is C14H23N5O7S. The molecule has 12 nitrogen and oxygen atoms in total. The number of hydroxylamine groups is 2. The fourth-order valence-electron chi connectivity index (χ4n) is 3.17. The molecule has 1 aromatic rings. The van der Waals surface area contributed by atoms with Crippen molar-refractivity contribution in [3.8, 4) is 0 Å². The Labute approximate surface area is 156 Å². The Bertz CT molecular complexity index is 786. The number of nitrogens with zero attached hydrogens (tertiary/aromatic N) is 3. The number of carboxylic acids is 1. The van der Waals surface area contributed by atoms with E-state index in [1.165, 1.54) is 25.8 Å². The lowest BCUT2D eigenvalue weighted by atomic mass is 9.98. The molecule has 2 atom stereocenters. The van der Waals surface area contributed by atoms with Gasteiger partial charge in [-0.1, -0.05) is 0 Å². The Morgan fingerprint density at radius 3 is 2.44 bits per heavy atom. The van der Waals surface area contributed by atoms with Crippen LogP contribution in [0.1, 0.15) is 44.1 Å². The Balaban J connectivity index is 0.000000321. The number of carbonyl (C=O) groups is 2. The van der Waals surface area contributed by atoms with Gasteiger partial charge in [0.15, 0.2) is 0 Å². The minimum Gasteiger partial charge on any atom is -0.547 e. The number of carboxylic acid groups (broad SMARTS) is 1. The highest BCUT2D eigenvalue weighted by Crippen LogP contribution is 2.42. The summed E-state index contributed by atoms with van der Waals surface area (Å²) in [6.45, 7) is 10.4. The van der Waals surface area contributed by atoms with Crippen LogP contribution in [0.4, 0.5) is 4.79 Å². The monoisotopic (exact) mass is 405 g/mol. The lowest BCUT2D eigenvalue weighted by Crippen LogP contribution is -3.11. The number of nitrogens with one attached hydrogen (secondary N) is 2. The van der Waals surface area contributed by atoms with E-state index in [1.54, 1.807) is 4.90 Å². The van der Waals surface area contributed by atoms with Crippen molar-refractivity contribution >= 4 is 22.4 Å². The van der Waals surface area contributed by atoms with E-state index >= 15 is 0 Å². The largest absolute Gasteiger partial charge is 0.547 e. The molecule has 0 aliphatic carbocycles. The number of amides is 2. The van der Waals surface area contributed by atoms with Gasteiger partial charge in [-0.3, -0.25) is 9.65 Å². The first-order valence-corrected chi connectivity index (χ1v) is 9.85. The van der Waals surface area contributed by atoms with E-state index in [4.69, 9.17) is 4.55 Å². The third kappa shape index (κ3) is 4.37. The number of carbonyl (C=O) groups excluding carboxylic acids is 2. The number of H-pyrrole nitrogens is 1. The zero-order valence-corrected chi connectivity index (χ0v) is 16.0. The maximum Gasteiger partial charge on any atom is 0.418 e. The molecule has 3 rings (SSSR count). The summed E-state index contributed by atoms with van der Waals surface area (Å²) in [5.41, 5.74) is 0.390. The van der Waals surface area contributed by atoms with Gasteiger partial charge in [-0.2, -0.15) is 18.6 Å². The van der Waals surface area contributed by atoms with Crippen molar-refractivity contribution in [3.63, 3.8) is 0 Å². The molecule has 2 bridgehead atoms. The van der Waals surface area contributed by atoms with Crippen LogP contribution in [0.2, 0.25) is 0 Å². The minimum atomic E-state index is -4.92. The van der Waals surface area contributed by atoms with Crippen LogP contribution in [-0.4, -0.2) is 71.3 Å². The Morgan fingerprint density at radius 2 is 2.00 bits per heavy atom. The highest BCUT2D eigenvalue weighted by molar-refractivity contribution is 7.80. The van der Waals surface area contributed by atoms with Crippen LogP contribution in [0.5, 0.6) is 0 Å². The Morgan fingerprint density at radius 1 is 1.41 bits per heavy atom. The summed E-state index contributed by atoms with van der Waals surface area (Å²) >= 11 is 0. The first-order chi connectivity index (χ1) is 12.6. The molecular weight excluding hydrogens is 382 g/mol. The molecule has 2 amide bonds. The molecule has 0 aromatic carbocycles. The van der Waals surface area contributed by atoms with Crippen LogP contribution >= 0.6 is 0 Å². The summed E-state index contributed by atoms with van der Waals surface area (Å²) in [4.78, 5) is 25.7. The smallest absolute Gasteiger partial charge is 0.418 e. The lowest BCUT2D eigenvalue weighted by molar-refractivity contribution is -0.894. The molecule has 3 heterocycles. The van der Waals surface area contributed by atoms with Crippen molar-refractivity contribution in [1.82, 2.24) is 20.2 Å². The number of aromatic nitrogens is 2. The van der Waals surface area contributed by atoms with Crippen molar-refractivity contribution in [2.24, 2.45) is 0 Å². The van der Waals surface area contributed by atoms with Crippen molar-refractivity contribution in [2.75, 3.05) is 26.2 Å². The van der Waals surface area contributed by atoms with Gasteiger partial charge >= 0.3 is 16.4 Å². The maximum atomic E-state index is 12.0. The SMILES string of the molecule is CC[NH+](CC)CC.O=C([O-])[C@@H]1c2[nH]ncc2[C@H]2CN1C(=O)N2OS(=O)(=O)O. The quantitative estimate of drug-likeness (QED) is 0.444. The third-order valence-corrected chi connectivity index (χ3v) is 4.98. The van der Waals surface area contributed by atoms with Crippen LogP contribution in [0.15, 0.2) is 6.20 Å². The highest BCUT2D eigenvalue weighted by atomic mass is 32.3. The average molecular weight is 405 g/mol. The fraction of sp³-hybridized carbons (Fsp3) is 0.643. The Hall–Kier alpha value is -2.22. The van der Waals surface area contributed by atoms with Crippen LogP contribution in [0.3, 0.4) is 0 Å². The second-order valence-electron chi connectivity index (χ2n) is 6.05. The first kappa shape index (κ1) is 21.1. The van der Waals surface area contributed by atoms with E-state index in [2.05, 4.69) is 35.3 Å². The molecule has 3 N–H and O–H groups in total. The molecule has 13 heteroatoms. The fourth-order valence-corrected chi connectivity index (χ4v) is 3.54. The van der Waals surface area contributed by atoms with Crippen LogP contribution < -0.4 is 10.0 Å². The molecule has 0 saturated carbocycles. The van der Waals surface area contributed by atoms with E-state index < -0.39 is 34.5 Å². The van der Waals surface area contributed by atoms with E-state index in [-0.39, 0.29) is 17.8 Å². The lowest BCUT2D eigenvalue weighted by Gasteiger charge is -2.30.